The van der Waals surface area contributed by atoms with Gasteiger partial charge in [-0.1, -0.05) is 27.7 Å². The molecule has 1 N–H and O–H groups in total. The van der Waals surface area contributed by atoms with Gasteiger partial charge in [-0.25, -0.2) is 0 Å². The molecule has 5 saturated carbocycles. The highest BCUT2D eigenvalue weighted by Gasteiger charge is 2.80. The van der Waals surface area contributed by atoms with Crippen LogP contribution in [0.25, 0.3) is 0 Å². The van der Waals surface area contributed by atoms with Crippen molar-refractivity contribution in [2.24, 2.45) is 45.3 Å². The van der Waals surface area contributed by atoms with E-state index in [2.05, 4.69) is 27.7 Å². The summed E-state index contributed by atoms with van der Waals surface area (Å²) in [6.07, 6.45) is 15.9. The number of hydrogen-bond donors (Lipinski definition) is 1. The second-order valence-electron chi connectivity index (χ2n) is 12.8. The summed E-state index contributed by atoms with van der Waals surface area (Å²) in [5.74, 6) is 3.44. The molecule has 6 rings (SSSR count). The van der Waals surface area contributed by atoms with E-state index < -0.39 is 0 Å². The maximum atomic E-state index is 10.8. The molecular weight excluding hydrogens is 344 g/mol. The topological polar surface area (TPSA) is 29.5 Å². The molecule has 0 aromatic heterocycles. The van der Waals surface area contributed by atoms with E-state index in [0.29, 0.717) is 28.5 Å². The average Bonchev–Trinajstić information content (AvgIpc) is 3.25. The highest BCUT2D eigenvalue weighted by atomic mass is 16.5. The molecule has 0 amide bonds. The van der Waals surface area contributed by atoms with E-state index in [1.165, 1.54) is 64.2 Å². The number of aliphatic hydroxyl groups excluding tert-OH is 1. The lowest BCUT2D eigenvalue weighted by molar-refractivity contribution is -0.135. The summed E-state index contributed by atoms with van der Waals surface area (Å²) in [4.78, 5) is 0. The van der Waals surface area contributed by atoms with Gasteiger partial charge < -0.3 is 9.84 Å². The van der Waals surface area contributed by atoms with Crippen LogP contribution in [-0.4, -0.2) is 23.4 Å². The molecule has 0 aromatic carbocycles. The third-order valence-corrected chi connectivity index (χ3v) is 12.1. The number of fused-ring (bicyclic) bond motifs is 4. The Morgan fingerprint density at radius 3 is 2.46 bits per heavy atom. The van der Waals surface area contributed by atoms with Gasteiger partial charge >= 0.3 is 0 Å². The maximum Gasteiger partial charge on any atom is 0.0615 e. The molecule has 1 saturated heterocycles. The summed E-state index contributed by atoms with van der Waals surface area (Å²) in [6.45, 7) is 9.73. The van der Waals surface area contributed by atoms with Gasteiger partial charge in [0.15, 0.2) is 0 Å². The fourth-order valence-corrected chi connectivity index (χ4v) is 10.6. The van der Waals surface area contributed by atoms with Gasteiger partial charge in [0.2, 0.25) is 0 Å². The molecule has 28 heavy (non-hydrogen) atoms. The molecule has 5 aliphatic carbocycles. The van der Waals surface area contributed by atoms with Crippen LogP contribution >= 0.6 is 0 Å². The Morgan fingerprint density at radius 1 is 0.893 bits per heavy atom. The molecule has 0 aromatic rings. The molecule has 10 atom stereocenters. The molecule has 2 spiro atoms. The lowest BCUT2D eigenvalue weighted by atomic mass is 9.46. The predicted octanol–water partition coefficient (Wildman–Crippen LogP) is 6.21. The largest absolute Gasteiger partial charge is 0.393 e. The van der Waals surface area contributed by atoms with Gasteiger partial charge in [-0.2, -0.15) is 0 Å². The molecule has 8 unspecified atom stereocenters. The first-order chi connectivity index (χ1) is 13.3. The molecule has 6 aliphatic rings. The second kappa shape index (κ2) is 5.58. The minimum atomic E-state index is -0.0834. The zero-order chi connectivity index (χ0) is 19.5. The summed E-state index contributed by atoms with van der Waals surface area (Å²) in [7, 11) is 0. The number of ether oxygens (including phenoxy) is 1. The fraction of sp³-hybridized carbons (Fsp3) is 1.00. The van der Waals surface area contributed by atoms with Crippen molar-refractivity contribution in [3.05, 3.63) is 0 Å². The van der Waals surface area contributed by atoms with Gasteiger partial charge in [0.25, 0.3) is 0 Å². The van der Waals surface area contributed by atoms with Gasteiger partial charge in [-0.3, -0.25) is 0 Å². The first-order valence-corrected chi connectivity index (χ1v) is 12.6. The minimum Gasteiger partial charge on any atom is -0.393 e. The quantitative estimate of drug-likeness (QED) is 0.578. The van der Waals surface area contributed by atoms with Crippen molar-refractivity contribution in [1.29, 1.82) is 0 Å². The Kier molecular flexibility index (Phi) is 3.72. The van der Waals surface area contributed by atoms with Crippen LogP contribution in [0.1, 0.15) is 99.8 Å². The van der Waals surface area contributed by atoms with Crippen LogP contribution in [0.15, 0.2) is 0 Å². The van der Waals surface area contributed by atoms with Gasteiger partial charge in [-0.05, 0) is 116 Å². The van der Waals surface area contributed by atoms with Crippen LogP contribution in [0.4, 0.5) is 0 Å². The first-order valence-electron chi connectivity index (χ1n) is 12.6. The van der Waals surface area contributed by atoms with E-state index in [9.17, 15) is 5.11 Å². The zero-order valence-corrected chi connectivity index (χ0v) is 18.7. The third kappa shape index (κ3) is 1.99. The standard InChI is InChI=1S/C26H42O2.H2/c1-5-16-6-7-18-20(28-16)14-19-17-8-9-21-23(2,3)22(27)10-11-26(21)15-25(17,26)13-12-24(18,19)4;/h16-22,27H,5-15H2,1-4H3;1H/t16?,17?,18?,19?,20?,21?,22-,24?,25-,26?;/m0./s1. The molecule has 2 nitrogen and oxygen atoms in total. The lowest BCUT2D eigenvalue weighted by Gasteiger charge is -2.59. The van der Waals surface area contributed by atoms with Crippen LogP contribution in [0, 0.1) is 45.3 Å². The number of hydrogen-bond acceptors (Lipinski definition) is 2. The Labute approximate surface area is 173 Å². The molecule has 1 aliphatic heterocycles. The fourth-order valence-electron chi connectivity index (χ4n) is 10.6. The van der Waals surface area contributed by atoms with Gasteiger partial charge in [0.1, 0.15) is 0 Å². The van der Waals surface area contributed by atoms with E-state index in [0.717, 1.165) is 30.1 Å². The van der Waals surface area contributed by atoms with Crippen molar-refractivity contribution in [3.8, 4) is 0 Å². The summed E-state index contributed by atoms with van der Waals surface area (Å²) in [6, 6.07) is 0. The number of aliphatic hydroxyl groups is 1. The van der Waals surface area contributed by atoms with Crippen molar-refractivity contribution in [2.45, 2.75) is 117 Å². The average molecular weight is 389 g/mol. The van der Waals surface area contributed by atoms with Crippen molar-refractivity contribution in [3.63, 3.8) is 0 Å². The summed E-state index contributed by atoms with van der Waals surface area (Å²) < 4.78 is 6.66. The van der Waals surface area contributed by atoms with E-state index in [1.807, 2.05) is 0 Å². The minimum absolute atomic E-state index is 0. The van der Waals surface area contributed by atoms with Gasteiger partial charge in [-0.15, -0.1) is 0 Å². The van der Waals surface area contributed by atoms with Gasteiger partial charge in [0.05, 0.1) is 18.3 Å². The second-order valence-corrected chi connectivity index (χ2v) is 12.8. The lowest BCUT2D eigenvalue weighted by Crippen LogP contribution is -2.54. The van der Waals surface area contributed by atoms with Crippen molar-refractivity contribution < 1.29 is 11.3 Å². The van der Waals surface area contributed by atoms with Crippen molar-refractivity contribution in [2.75, 3.05) is 0 Å². The first kappa shape index (κ1) is 18.7. The van der Waals surface area contributed by atoms with Crippen LogP contribution in [-0.2, 0) is 4.74 Å². The van der Waals surface area contributed by atoms with E-state index in [-0.39, 0.29) is 12.9 Å². The smallest absolute Gasteiger partial charge is 0.0615 e. The molecule has 0 bridgehead atoms. The van der Waals surface area contributed by atoms with Crippen LogP contribution in [0.2, 0.25) is 0 Å². The summed E-state index contributed by atoms with van der Waals surface area (Å²) in [5.41, 5.74) is 1.88. The van der Waals surface area contributed by atoms with Gasteiger partial charge in [0, 0.05) is 1.43 Å². The molecule has 0 radical (unpaired) electrons. The summed E-state index contributed by atoms with van der Waals surface area (Å²) >= 11 is 0. The molecule has 1 heterocycles. The monoisotopic (exact) mass is 388 g/mol. The molecule has 6 fully saturated rings. The normalized spacial score (nSPS) is 61.4. The maximum absolute atomic E-state index is 10.8. The number of rotatable bonds is 1. The Bertz CT molecular complexity index is 678. The highest BCUT2D eigenvalue weighted by molar-refractivity contribution is 5.29. The molecule has 160 valence electrons. The van der Waals surface area contributed by atoms with Crippen LogP contribution < -0.4 is 0 Å². The zero-order valence-electron chi connectivity index (χ0n) is 18.7. The Hall–Kier alpha value is -0.0800. The Morgan fingerprint density at radius 2 is 1.68 bits per heavy atom. The van der Waals surface area contributed by atoms with E-state index in [1.54, 1.807) is 0 Å². The van der Waals surface area contributed by atoms with Crippen molar-refractivity contribution >= 4 is 0 Å². The SMILES string of the molecule is CCC1CCC2C(CC3C4CCC5C(C)(C)[C@@H](O)CCC56C[C@@]46CCC23C)O1.[HH]. The third-order valence-electron chi connectivity index (χ3n) is 12.1. The van der Waals surface area contributed by atoms with E-state index in [4.69, 9.17) is 4.74 Å². The van der Waals surface area contributed by atoms with Crippen molar-refractivity contribution in [1.82, 2.24) is 0 Å². The molecular formula is C26H44O2. The molecule has 2 heteroatoms. The highest BCUT2D eigenvalue weighted by Crippen LogP contribution is 2.87. The predicted molar refractivity (Wildman–Crippen MR) is 114 cm³/mol. The Balaban J connectivity index is 0.00000181. The summed E-state index contributed by atoms with van der Waals surface area (Å²) in [5, 5.41) is 10.8. The van der Waals surface area contributed by atoms with E-state index >= 15 is 0 Å². The van der Waals surface area contributed by atoms with Crippen LogP contribution in [0.5, 0.6) is 0 Å². The van der Waals surface area contributed by atoms with Crippen LogP contribution in [0.3, 0.4) is 0 Å².